The molecular formula is C34H48N4O3S. The molecule has 7 nitrogen and oxygen atoms in total. The number of aliphatic hydroxyl groups is 1. The molecule has 3 N–H and O–H groups in total. The molecule has 1 aliphatic carbocycles. The number of benzene rings is 1. The van der Waals surface area contributed by atoms with Gasteiger partial charge in [0.15, 0.2) is 6.29 Å². The van der Waals surface area contributed by atoms with Gasteiger partial charge in [0.2, 0.25) is 5.91 Å². The third-order valence-electron chi connectivity index (χ3n) is 10.0. The Balaban J connectivity index is 1.24. The Morgan fingerprint density at radius 1 is 1.07 bits per heavy atom. The van der Waals surface area contributed by atoms with Crippen LogP contribution in [0.4, 0.5) is 0 Å². The predicted octanol–water partition coefficient (Wildman–Crippen LogP) is 5.57. The monoisotopic (exact) mass is 592 g/mol. The van der Waals surface area contributed by atoms with Crippen molar-refractivity contribution in [2.45, 2.75) is 91.2 Å². The van der Waals surface area contributed by atoms with Crippen molar-refractivity contribution in [2.75, 3.05) is 32.7 Å². The van der Waals surface area contributed by atoms with Crippen LogP contribution in [0, 0.1) is 25.7 Å². The molecule has 0 spiro atoms. The molecule has 6 rings (SSSR count). The van der Waals surface area contributed by atoms with E-state index in [1.54, 1.807) is 6.92 Å². The van der Waals surface area contributed by atoms with Gasteiger partial charge in [0.05, 0.1) is 5.69 Å². The largest absolute Gasteiger partial charge is 0.368 e. The number of rotatable bonds is 10. The molecule has 3 aliphatic rings. The Kier molecular flexibility index (Phi) is 8.30. The highest BCUT2D eigenvalue weighted by Gasteiger charge is 2.49. The molecule has 2 bridgehead atoms. The Morgan fingerprint density at radius 3 is 2.40 bits per heavy atom. The Hall–Kier alpha value is -2.23. The van der Waals surface area contributed by atoms with E-state index in [2.05, 4.69) is 72.1 Å². The van der Waals surface area contributed by atoms with Crippen LogP contribution in [0.25, 0.3) is 21.5 Å². The normalized spacial score (nSPS) is 24.9. The van der Waals surface area contributed by atoms with E-state index in [1.165, 1.54) is 43.0 Å². The molecule has 4 heterocycles. The number of hydrogen-bond donors (Lipinski definition) is 3. The second-order valence-corrected chi connectivity index (χ2v) is 14.8. The number of H-pyrrole nitrogens is 1. The van der Waals surface area contributed by atoms with E-state index in [0.717, 1.165) is 58.4 Å². The quantitative estimate of drug-likeness (QED) is 0.269. The van der Waals surface area contributed by atoms with Gasteiger partial charge in [0.1, 0.15) is 11.1 Å². The standard InChI is InChI=1S/C34H48N4O3S/c1-20-15-21(2)17-24(16-20)31-25(9-10-37-11-13-38(14-12-37)22(3)41-23(4)39)27-18-30(42-33(27)36-31)34(5,6)19-28-26-7-8-29(28)35-32(26)40/h15-18,22-23,26,28-29,36,39H,7-14,19H2,1-6H3,(H,35,40). The number of aromatic amines is 1. The van der Waals surface area contributed by atoms with Crippen LogP contribution in [0.5, 0.6) is 0 Å². The van der Waals surface area contributed by atoms with Gasteiger partial charge in [0.25, 0.3) is 0 Å². The fourth-order valence-electron chi connectivity index (χ4n) is 7.82. The number of nitrogens with one attached hydrogen (secondary N) is 2. The molecule has 5 unspecified atom stereocenters. The fraction of sp³-hybridized carbons (Fsp3) is 0.618. The molecule has 8 heteroatoms. The Morgan fingerprint density at radius 2 is 1.79 bits per heavy atom. The molecule has 3 aromatic rings. The number of piperazine rings is 1. The average molecular weight is 593 g/mol. The van der Waals surface area contributed by atoms with Crippen molar-refractivity contribution in [2.24, 2.45) is 11.8 Å². The zero-order valence-corrected chi connectivity index (χ0v) is 26.9. The second-order valence-electron chi connectivity index (χ2n) is 13.7. The summed E-state index contributed by atoms with van der Waals surface area (Å²) in [5, 5.41) is 14.2. The van der Waals surface area contributed by atoms with E-state index < -0.39 is 6.29 Å². The number of aliphatic hydroxyl groups excluding tert-OH is 1. The van der Waals surface area contributed by atoms with Crippen LogP contribution in [-0.2, 0) is 21.4 Å². The highest BCUT2D eigenvalue weighted by Crippen LogP contribution is 2.47. The number of ether oxygens (including phenoxy) is 1. The summed E-state index contributed by atoms with van der Waals surface area (Å²) in [4.78, 5) is 23.8. The Bertz CT molecular complexity index is 1410. The average Bonchev–Trinajstić information content (AvgIpc) is 3.66. The molecule has 1 saturated carbocycles. The third kappa shape index (κ3) is 5.93. The SMILES string of the molecule is Cc1cc(C)cc(-c2[nH]c3sc(C(C)(C)CC4C5CCC4C(=O)N5)cc3c2CCN2CCN(C(C)OC(C)O)CC2)c1. The molecule has 0 radical (unpaired) electrons. The molecule has 5 atom stereocenters. The number of aryl methyl sites for hydroxylation is 2. The molecule has 3 fully saturated rings. The maximum atomic E-state index is 12.4. The van der Waals surface area contributed by atoms with Crippen LogP contribution in [0.3, 0.4) is 0 Å². The van der Waals surface area contributed by atoms with E-state index in [1.807, 2.05) is 18.3 Å². The van der Waals surface area contributed by atoms with Crippen molar-refractivity contribution in [1.29, 1.82) is 0 Å². The molecular weight excluding hydrogens is 544 g/mol. The van der Waals surface area contributed by atoms with Gasteiger partial charge in [-0.25, -0.2) is 0 Å². The van der Waals surface area contributed by atoms with Gasteiger partial charge in [-0.05, 0) is 94.0 Å². The van der Waals surface area contributed by atoms with E-state index in [4.69, 9.17) is 4.74 Å². The number of piperidine rings is 1. The number of carbonyl (C=O) groups excluding carboxylic acids is 1. The first-order valence-corrected chi connectivity index (χ1v) is 16.6. The number of carbonyl (C=O) groups is 1. The smallest absolute Gasteiger partial charge is 0.223 e. The summed E-state index contributed by atoms with van der Waals surface area (Å²) in [6.07, 6.45) is 3.40. The lowest BCUT2D eigenvalue weighted by atomic mass is 9.78. The molecule has 2 saturated heterocycles. The van der Waals surface area contributed by atoms with E-state index in [9.17, 15) is 9.90 Å². The highest BCUT2D eigenvalue weighted by molar-refractivity contribution is 7.18. The van der Waals surface area contributed by atoms with Crippen molar-refractivity contribution in [3.05, 3.63) is 45.8 Å². The molecule has 1 aromatic carbocycles. The zero-order chi connectivity index (χ0) is 29.8. The van der Waals surface area contributed by atoms with Crippen molar-refractivity contribution >= 4 is 27.5 Å². The van der Waals surface area contributed by atoms with Crippen LogP contribution >= 0.6 is 11.3 Å². The topological polar surface area (TPSA) is 80.8 Å². The maximum Gasteiger partial charge on any atom is 0.223 e. The minimum absolute atomic E-state index is 0.0147. The summed E-state index contributed by atoms with van der Waals surface area (Å²) >= 11 is 1.90. The van der Waals surface area contributed by atoms with Gasteiger partial charge in [-0.2, -0.15) is 0 Å². The van der Waals surface area contributed by atoms with E-state index in [-0.39, 0.29) is 23.5 Å². The fourth-order valence-corrected chi connectivity index (χ4v) is 9.02. The summed E-state index contributed by atoms with van der Waals surface area (Å²) in [6, 6.07) is 9.67. The molecule has 2 aliphatic heterocycles. The number of thiophene rings is 1. The summed E-state index contributed by atoms with van der Waals surface area (Å²) in [5.41, 5.74) is 6.53. The van der Waals surface area contributed by atoms with Crippen molar-refractivity contribution in [1.82, 2.24) is 20.1 Å². The number of fused-ring (bicyclic) bond motifs is 3. The number of hydrogen-bond acceptors (Lipinski definition) is 6. The maximum absolute atomic E-state index is 12.4. The van der Waals surface area contributed by atoms with E-state index >= 15 is 0 Å². The van der Waals surface area contributed by atoms with Gasteiger partial charge in [-0.15, -0.1) is 11.3 Å². The minimum Gasteiger partial charge on any atom is -0.368 e. The summed E-state index contributed by atoms with van der Waals surface area (Å²) in [5.74, 6) is 0.926. The zero-order valence-electron chi connectivity index (χ0n) is 26.1. The van der Waals surface area contributed by atoms with Gasteiger partial charge in [-0.1, -0.05) is 31.0 Å². The Labute approximate surface area is 254 Å². The number of nitrogens with zero attached hydrogens (tertiary/aromatic N) is 2. The molecule has 42 heavy (non-hydrogen) atoms. The first-order chi connectivity index (χ1) is 20.0. The molecule has 1 amide bonds. The summed E-state index contributed by atoms with van der Waals surface area (Å²) < 4.78 is 5.61. The molecule has 2 aromatic heterocycles. The lowest BCUT2D eigenvalue weighted by molar-refractivity contribution is -0.171. The first-order valence-electron chi connectivity index (χ1n) is 15.8. The van der Waals surface area contributed by atoms with E-state index in [0.29, 0.717) is 12.0 Å². The van der Waals surface area contributed by atoms with Crippen molar-refractivity contribution < 1.29 is 14.6 Å². The van der Waals surface area contributed by atoms with Gasteiger partial charge in [0, 0.05) is 54.9 Å². The lowest BCUT2D eigenvalue weighted by Gasteiger charge is -2.38. The second kappa shape index (κ2) is 11.7. The summed E-state index contributed by atoms with van der Waals surface area (Å²) in [6.45, 7) is 17.7. The summed E-state index contributed by atoms with van der Waals surface area (Å²) in [7, 11) is 0. The van der Waals surface area contributed by atoms with Gasteiger partial charge in [-0.3, -0.25) is 9.69 Å². The van der Waals surface area contributed by atoms with Crippen molar-refractivity contribution in [3.63, 3.8) is 0 Å². The van der Waals surface area contributed by atoms with Crippen LogP contribution in [-0.4, -0.2) is 77.1 Å². The van der Waals surface area contributed by atoms with Crippen molar-refractivity contribution in [3.8, 4) is 11.3 Å². The lowest BCUT2D eigenvalue weighted by Crippen LogP contribution is -2.51. The van der Waals surface area contributed by atoms with Crippen LogP contribution in [0.2, 0.25) is 0 Å². The highest BCUT2D eigenvalue weighted by atomic mass is 32.1. The first kappa shape index (κ1) is 29.8. The van der Waals surface area contributed by atoms with Gasteiger partial charge < -0.3 is 25.0 Å². The predicted molar refractivity (Wildman–Crippen MR) is 171 cm³/mol. The number of amides is 1. The van der Waals surface area contributed by atoms with Crippen LogP contribution < -0.4 is 5.32 Å². The van der Waals surface area contributed by atoms with Crippen LogP contribution in [0.1, 0.15) is 68.5 Å². The van der Waals surface area contributed by atoms with Gasteiger partial charge >= 0.3 is 0 Å². The minimum atomic E-state index is -0.745. The number of aromatic nitrogens is 1. The van der Waals surface area contributed by atoms with Crippen LogP contribution in [0.15, 0.2) is 24.3 Å². The third-order valence-corrected chi connectivity index (χ3v) is 11.4. The molecule has 228 valence electrons.